The van der Waals surface area contributed by atoms with Gasteiger partial charge in [-0.15, -0.1) is 0 Å². The van der Waals surface area contributed by atoms with Crippen molar-refractivity contribution in [2.24, 2.45) is 0 Å². The van der Waals surface area contributed by atoms with Crippen LogP contribution in [0.15, 0.2) is 18.2 Å². The summed E-state index contributed by atoms with van der Waals surface area (Å²) >= 11 is 0. The van der Waals surface area contributed by atoms with Crippen LogP contribution in [-0.4, -0.2) is 17.3 Å². The molecule has 0 aromatic heterocycles. The van der Waals surface area contributed by atoms with Crippen molar-refractivity contribution in [2.45, 2.75) is 39.2 Å². The van der Waals surface area contributed by atoms with E-state index >= 15 is 0 Å². The molecule has 0 saturated carbocycles. The number of rotatable bonds is 5. The van der Waals surface area contributed by atoms with Gasteiger partial charge in [-0.25, -0.2) is 4.39 Å². The summed E-state index contributed by atoms with van der Waals surface area (Å²) in [7, 11) is 0. The predicted octanol–water partition coefficient (Wildman–Crippen LogP) is 3.06. The molecular weight excluding hydrogens is 207 g/mol. The standard InChI is InChI=1S/C13H19FO2/c1-4-13(15,5-2)9-16-12-7-6-11(14)8-10(12)3/h6-8,15H,4-5,9H2,1-3H3. The normalized spacial score (nSPS) is 11.6. The highest BCUT2D eigenvalue weighted by Gasteiger charge is 2.23. The Morgan fingerprint density at radius 3 is 2.44 bits per heavy atom. The van der Waals surface area contributed by atoms with E-state index in [4.69, 9.17) is 4.74 Å². The summed E-state index contributed by atoms with van der Waals surface area (Å²) < 4.78 is 18.4. The van der Waals surface area contributed by atoms with Crippen LogP contribution in [0.2, 0.25) is 0 Å². The maximum absolute atomic E-state index is 12.8. The maximum atomic E-state index is 12.8. The van der Waals surface area contributed by atoms with Gasteiger partial charge in [0, 0.05) is 0 Å². The van der Waals surface area contributed by atoms with Crippen LogP contribution in [0.5, 0.6) is 5.75 Å². The lowest BCUT2D eigenvalue weighted by Gasteiger charge is -2.25. The van der Waals surface area contributed by atoms with Crippen LogP contribution in [0.1, 0.15) is 32.3 Å². The first-order valence-corrected chi connectivity index (χ1v) is 5.62. The van der Waals surface area contributed by atoms with Gasteiger partial charge in [-0.1, -0.05) is 13.8 Å². The molecule has 16 heavy (non-hydrogen) atoms. The molecule has 0 spiro atoms. The average Bonchev–Trinajstić information content (AvgIpc) is 2.27. The molecule has 0 aliphatic heterocycles. The van der Waals surface area contributed by atoms with Crippen molar-refractivity contribution in [3.05, 3.63) is 29.6 Å². The van der Waals surface area contributed by atoms with Gasteiger partial charge in [-0.3, -0.25) is 0 Å². The molecule has 2 nitrogen and oxygen atoms in total. The molecule has 0 amide bonds. The second-order valence-electron chi connectivity index (χ2n) is 4.13. The van der Waals surface area contributed by atoms with Crippen LogP contribution in [0, 0.1) is 12.7 Å². The first kappa shape index (κ1) is 13.0. The molecule has 1 rings (SSSR count). The number of halogens is 1. The summed E-state index contributed by atoms with van der Waals surface area (Å²) in [5.41, 5.74) is -0.0459. The summed E-state index contributed by atoms with van der Waals surface area (Å²) in [6.45, 7) is 5.87. The summed E-state index contributed by atoms with van der Waals surface area (Å²) in [6, 6.07) is 4.38. The van der Waals surface area contributed by atoms with Crippen molar-refractivity contribution in [3.63, 3.8) is 0 Å². The van der Waals surface area contributed by atoms with Crippen molar-refractivity contribution in [3.8, 4) is 5.75 Å². The first-order chi connectivity index (χ1) is 7.50. The smallest absolute Gasteiger partial charge is 0.123 e. The van der Waals surface area contributed by atoms with E-state index in [1.54, 1.807) is 13.0 Å². The molecule has 0 bridgehead atoms. The maximum Gasteiger partial charge on any atom is 0.123 e. The van der Waals surface area contributed by atoms with Crippen LogP contribution < -0.4 is 4.74 Å². The Morgan fingerprint density at radius 2 is 1.94 bits per heavy atom. The molecule has 90 valence electrons. The third-order valence-electron chi connectivity index (χ3n) is 2.95. The topological polar surface area (TPSA) is 29.5 Å². The average molecular weight is 226 g/mol. The first-order valence-electron chi connectivity index (χ1n) is 5.62. The van der Waals surface area contributed by atoms with E-state index in [0.29, 0.717) is 18.6 Å². The van der Waals surface area contributed by atoms with Crippen LogP contribution in [0.25, 0.3) is 0 Å². The zero-order chi connectivity index (χ0) is 12.2. The van der Waals surface area contributed by atoms with Gasteiger partial charge in [0.1, 0.15) is 18.2 Å². The summed E-state index contributed by atoms with van der Waals surface area (Å²) in [4.78, 5) is 0. The molecule has 0 radical (unpaired) electrons. The third-order valence-corrected chi connectivity index (χ3v) is 2.95. The van der Waals surface area contributed by atoms with Gasteiger partial charge in [-0.2, -0.15) is 0 Å². The van der Waals surface area contributed by atoms with Crippen LogP contribution in [0.3, 0.4) is 0 Å². The minimum Gasteiger partial charge on any atom is -0.490 e. The minimum absolute atomic E-state index is 0.243. The molecule has 0 heterocycles. The van der Waals surface area contributed by atoms with Crippen molar-refractivity contribution in [1.29, 1.82) is 0 Å². The quantitative estimate of drug-likeness (QED) is 0.836. The molecule has 0 saturated heterocycles. The zero-order valence-corrected chi connectivity index (χ0v) is 10.1. The molecule has 0 unspecified atom stereocenters. The second kappa shape index (κ2) is 5.30. The van der Waals surface area contributed by atoms with Gasteiger partial charge in [-0.05, 0) is 43.5 Å². The van der Waals surface area contributed by atoms with E-state index in [2.05, 4.69) is 0 Å². The SMILES string of the molecule is CCC(O)(CC)COc1ccc(F)cc1C. The predicted molar refractivity (Wildman–Crippen MR) is 62.2 cm³/mol. The number of ether oxygens (including phenoxy) is 1. The highest BCUT2D eigenvalue weighted by molar-refractivity contribution is 5.32. The lowest BCUT2D eigenvalue weighted by molar-refractivity contribution is -0.0115. The molecule has 0 fully saturated rings. The Labute approximate surface area is 96.1 Å². The number of hydrogen-bond donors (Lipinski definition) is 1. The number of hydrogen-bond acceptors (Lipinski definition) is 2. The van der Waals surface area contributed by atoms with Gasteiger partial charge in [0.05, 0.1) is 5.60 Å². The summed E-state index contributed by atoms with van der Waals surface area (Å²) in [6.07, 6.45) is 1.29. The third kappa shape index (κ3) is 3.20. The molecule has 0 aliphatic rings. The van der Waals surface area contributed by atoms with E-state index in [-0.39, 0.29) is 12.4 Å². The lowest BCUT2D eigenvalue weighted by Crippen LogP contribution is -2.34. The number of aryl methyl sites for hydroxylation is 1. The second-order valence-corrected chi connectivity index (χ2v) is 4.13. The van der Waals surface area contributed by atoms with E-state index in [1.807, 2.05) is 13.8 Å². The Hall–Kier alpha value is -1.09. The summed E-state index contributed by atoms with van der Waals surface area (Å²) in [5.74, 6) is 0.354. The van der Waals surface area contributed by atoms with E-state index in [9.17, 15) is 9.50 Å². The van der Waals surface area contributed by atoms with E-state index in [0.717, 1.165) is 5.56 Å². The van der Waals surface area contributed by atoms with Crippen LogP contribution in [0.4, 0.5) is 4.39 Å². The van der Waals surface area contributed by atoms with Crippen molar-refractivity contribution >= 4 is 0 Å². The monoisotopic (exact) mass is 226 g/mol. The van der Waals surface area contributed by atoms with Crippen molar-refractivity contribution in [1.82, 2.24) is 0 Å². The fourth-order valence-electron chi connectivity index (χ4n) is 1.44. The van der Waals surface area contributed by atoms with Crippen molar-refractivity contribution in [2.75, 3.05) is 6.61 Å². The van der Waals surface area contributed by atoms with Gasteiger partial charge < -0.3 is 9.84 Å². The Bertz CT molecular complexity index is 346. The fraction of sp³-hybridized carbons (Fsp3) is 0.538. The molecule has 3 heteroatoms. The largest absolute Gasteiger partial charge is 0.490 e. The minimum atomic E-state index is -0.791. The molecule has 0 aliphatic carbocycles. The van der Waals surface area contributed by atoms with E-state index in [1.165, 1.54) is 12.1 Å². The summed E-state index contributed by atoms with van der Waals surface area (Å²) in [5, 5.41) is 10.0. The van der Waals surface area contributed by atoms with Gasteiger partial charge in [0.15, 0.2) is 0 Å². The molecular formula is C13H19FO2. The number of benzene rings is 1. The molecule has 1 N–H and O–H groups in total. The lowest BCUT2D eigenvalue weighted by atomic mass is 9.99. The van der Waals surface area contributed by atoms with Crippen LogP contribution in [-0.2, 0) is 0 Å². The molecule has 1 aromatic rings. The number of aliphatic hydroxyl groups is 1. The van der Waals surface area contributed by atoms with Crippen LogP contribution >= 0.6 is 0 Å². The van der Waals surface area contributed by atoms with Gasteiger partial charge >= 0.3 is 0 Å². The van der Waals surface area contributed by atoms with Crippen molar-refractivity contribution < 1.29 is 14.2 Å². The Balaban J connectivity index is 2.67. The Kier molecular flexibility index (Phi) is 4.30. The highest BCUT2D eigenvalue weighted by atomic mass is 19.1. The zero-order valence-electron chi connectivity index (χ0n) is 10.1. The molecule has 1 aromatic carbocycles. The molecule has 0 atom stereocenters. The van der Waals surface area contributed by atoms with Gasteiger partial charge in [0.25, 0.3) is 0 Å². The highest BCUT2D eigenvalue weighted by Crippen LogP contribution is 2.22. The Morgan fingerprint density at radius 1 is 1.31 bits per heavy atom. The fourth-order valence-corrected chi connectivity index (χ4v) is 1.44. The van der Waals surface area contributed by atoms with E-state index < -0.39 is 5.60 Å². The van der Waals surface area contributed by atoms with Gasteiger partial charge in [0.2, 0.25) is 0 Å².